The fourth-order valence-corrected chi connectivity index (χ4v) is 5.69. The Bertz CT molecular complexity index is 1570. The first-order valence-corrected chi connectivity index (χ1v) is 14.0. The minimum absolute atomic E-state index is 0.0264. The van der Waals surface area contributed by atoms with Gasteiger partial charge in [-0.2, -0.15) is 0 Å². The van der Waals surface area contributed by atoms with E-state index < -0.39 is 11.6 Å². The van der Waals surface area contributed by atoms with E-state index >= 15 is 0 Å². The molecule has 41 heavy (non-hydrogen) atoms. The topological polar surface area (TPSA) is 73.4 Å². The highest BCUT2D eigenvalue weighted by Crippen LogP contribution is 2.42. The lowest BCUT2D eigenvalue weighted by molar-refractivity contribution is 0.0707. The van der Waals surface area contributed by atoms with Crippen molar-refractivity contribution in [2.45, 2.75) is 25.3 Å². The number of para-hydroxylation sites is 1. The maximum Gasteiger partial charge on any atom is 0.253 e. The molecule has 10 heteroatoms. The Morgan fingerprint density at radius 1 is 1.00 bits per heavy atom. The van der Waals surface area contributed by atoms with Gasteiger partial charge in [-0.3, -0.25) is 4.79 Å². The number of nitrogens with one attached hydrogen (secondary N) is 2. The zero-order chi connectivity index (χ0) is 28.5. The van der Waals surface area contributed by atoms with Crippen molar-refractivity contribution < 1.29 is 13.6 Å². The number of amides is 1. The largest absolute Gasteiger partial charge is 0.339 e. The number of piperidine rings is 1. The van der Waals surface area contributed by atoms with Crippen LogP contribution in [0.25, 0.3) is 11.3 Å². The quantitative estimate of drug-likeness (QED) is 0.290. The van der Waals surface area contributed by atoms with E-state index in [-0.39, 0.29) is 11.6 Å². The third-order valence-corrected chi connectivity index (χ3v) is 8.00. The molecule has 2 N–H and O–H groups in total. The van der Waals surface area contributed by atoms with E-state index in [1.54, 1.807) is 35.4 Å². The van der Waals surface area contributed by atoms with E-state index in [9.17, 15) is 13.6 Å². The molecule has 0 saturated carbocycles. The van der Waals surface area contributed by atoms with Gasteiger partial charge in [0.25, 0.3) is 5.91 Å². The fraction of sp³-hybridized carbons (Fsp3) is 0.258. The molecule has 7 nitrogen and oxygen atoms in total. The first-order valence-electron chi connectivity index (χ1n) is 13.6. The number of halogens is 3. The summed E-state index contributed by atoms with van der Waals surface area (Å²) < 4.78 is 29.7. The molecule has 210 valence electrons. The van der Waals surface area contributed by atoms with Gasteiger partial charge in [0.05, 0.1) is 11.4 Å². The van der Waals surface area contributed by atoms with E-state index in [0.29, 0.717) is 52.5 Å². The van der Waals surface area contributed by atoms with Crippen LogP contribution in [-0.2, 0) is 6.42 Å². The number of hydrogen-bond acceptors (Lipinski definition) is 6. The molecular weight excluding hydrogens is 546 g/mol. The van der Waals surface area contributed by atoms with Crippen molar-refractivity contribution in [2.24, 2.45) is 0 Å². The van der Waals surface area contributed by atoms with E-state index in [1.165, 1.54) is 18.2 Å². The SMILES string of the molecule is CNC1CCN(C(=O)c2ccc(Nc3ncc4c(n3)-c3ccc(Cl)cc3N(c3c(F)cccc3F)CC4)cc2)CC1. The summed E-state index contributed by atoms with van der Waals surface area (Å²) >= 11 is 6.34. The summed E-state index contributed by atoms with van der Waals surface area (Å²) in [5, 5.41) is 6.95. The van der Waals surface area contributed by atoms with E-state index in [0.717, 1.165) is 37.2 Å². The van der Waals surface area contributed by atoms with E-state index in [2.05, 4.69) is 15.6 Å². The molecular formula is C31H29ClF2N6O. The molecule has 1 aromatic heterocycles. The molecule has 2 aliphatic rings. The molecule has 4 aromatic rings. The lowest BCUT2D eigenvalue weighted by Crippen LogP contribution is -2.43. The Hall–Kier alpha value is -4.08. The number of benzene rings is 3. The minimum Gasteiger partial charge on any atom is -0.339 e. The number of anilines is 4. The zero-order valence-corrected chi connectivity index (χ0v) is 23.3. The molecule has 1 fully saturated rings. The monoisotopic (exact) mass is 574 g/mol. The molecule has 0 aliphatic carbocycles. The van der Waals surface area contributed by atoms with Gasteiger partial charge in [0.2, 0.25) is 5.95 Å². The smallest absolute Gasteiger partial charge is 0.253 e. The third-order valence-electron chi connectivity index (χ3n) is 7.76. The van der Waals surface area contributed by atoms with Crippen LogP contribution in [0.3, 0.4) is 0 Å². The predicted molar refractivity (Wildman–Crippen MR) is 157 cm³/mol. The van der Waals surface area contributed by atoms with Crippen LogP contribution >= 0.6 is 11.6 Å². The van der Waals surface area contributed by atoms with Crippen molar-refractivity contribution in [3.05, 3.63) is 94.6 Å². The average molecular weight is 575 g/mol. The first-order chi connectivity index (χ1) is 19.9. The molecule has 2 aliphatic heterocycles. The Morgan fingerprint density at radius 3 is 2.44 bits per heavy atom. The molecule has 1 amide bonds. The summed E-state index contributed by atoms with van der Waals surface area (Å²) in [7, 11) is 1.96. The Kier molecular flexibility index (Phi) is 7.55. The number of rotatable bonds is 5. The highest BCUT2D eigenvalue weighted by atomic mass is 35.5. The summed E-state index contributed by atoms with van der Waals surface area (Å²) in [6.45, 7) is 1.79. The Labute approximate surface area is 242 Å². The molecule has 0 atom stereocenters. The number of carbonyl (C=O) groups excluding carboxylic acids is 1. The maximum absolute atomic E-state index is 14.8. The van der Waals surface area contributed by atoms with Gasteiger partial charge >= 0.3 is 0 Å². The molecule has 0 spiro atoms. The van der Waals surface area contributed by atoms with Crippen LogP contribution in [-0.4, -0.2) is 53.5 Å². The van der Waals surface area contributed by atoms with Gasteiger partial charge in [-0.15, -0.1) is 0 Å². The number of aromatic nitrogens is 2. The van der Waals surface area contributed by atoms with Crippen LogP contribution < -0.4 is 15.5 Å². The normalized spacial score (nSPS) is 15.2. The second kappa shape index (κ2) is 11.4. The molecule has 3 aromatic carbocycles. The van der Waals surface area contributed by atoms with Crippen LogP contribution in [0.4, 0.5) is 31.8 Å². The highest BCUT2D eigenvalue weighted by Gasteiger charge is 2.27. The number of nitrogens with zero attached hydrogens (tertiary/aromatic N) is 4. The van der Waals surface area contributed by atoms with Gasteiger partial charge in [-0.05, 0) is 86.5 Å². The summed E-state index contributed by atoms with van der Waals surface area (Å²) in [4.78, 5) is 25.8. The number of hydrogen-bond donors (Lipinski definition) is 2. The Morgan fingerprint density at radius 2 is 1.73 bits per heavy atom. The zero-order valence-electron chi connectivity index (χ0n) is 22.5. The van der Waals surface area contributed by atoms with Crippen molar-refractivity contribution in [3.63, 3.8) is 0 Å². The second-order valence-corrected chi connectivity index (χ2v) is 10.7. The van der Waals surface area contributed by atoms with Crippen LogP contribution in [0, 0.1) is 11.6 Å². The summed E-state index contributed by atoms with van der Waals surface area (Å²) in [5.41, 5.74) is 4.00. The van der Waals surface area contributed by atoms with Crippen LogP contribution in [0.1, 0.15) is 28.8 Å². The summed E-state index contributed by atoms with van der Waals surface area (Å²) in [6, 6.07) is 16.8. The fourth-order valence-electron chi connectivity index (χ4n) is 5.52. The van der Waals surface area contributed by atoms with Gasteiger partial charge in [-0.25, -0.2) is 18.7 Å². The van der Waals surface area contributed by atoms with Gasteiger partial charge in [0.1, 0.15) is 17.3 Å². The summed E-state index contributed by atoms with van der Waals surface area (Å²) in [6.07, 6.45) is 4.09. The molecule has 0 unspecified atom stereocenters. The molecule has 0 radical (unpaired) electrons. The lowest BCUT2D eigenvalue weighted by Gasteiger charge is -2.31. The van der Waals surface area contributed by atoms with Gasteiger partial charge in [0.15, 0.2) is 0 Å². The Balaban J connectivity index is 1.26. The van der Waals surface area contributed by atoms with Crippen LogP contribution in [0.2, 0.25) is 5.02 Å². The number of likely N-dealkylation sites (tertiary alicyclic amines) is 1. The van der Waals surface area contributed by atoms with Crippen molar-refractivity contribution >= 4 is 40.5 Å². The molecule has 6 rings (SSSR count). The predicted octanol–water partition coefficient (Wildman–Crippen LogP) is 6.34. The number of carbonyl (C=O) groups is 1. The van der Waals surface area contributed by atoms with E-state index in [4.69, 9.17) is 16.6 Å². The standard InChI is InChI=1S/C31H29ClF2N6O/c1-35-22-12-14-39(15-13-22)30(41)19-5-8-23(9-6-19)37-31-36-18-20-11-16-40(29-25(33)3-2-4-26(29)34)27-17-21(32)7-10-24(27)28(20)38-31/h2-10,17-18,22,35H,11-16H2,1H3,(H,36,37,38). The first kappa shape index (κ1) is 27.1. The third kappa shape index (κ3) is 5.47. The van der Waals surface area contributed by atoms with Crippen molar-refractivity contribution in [1.29, 1.82) is 0 Å². The average Bonchev–Trinajstić information content (AvgIpc) is 3.14. The van der Waals surface area contributed by atoms with Crippen molar-refractivity contribution in [2.75, 3.05) is 36.9 Å². The summed E-state index contributed by atoms with van der Waals surface area (Å²) in [5.74, 6) is -0.915. The second-order valence-electron chi connectivity index (χ2n) is 10.3. The maximum atomic E-state index is 14.8. The lowest BCUT2D eigenvalue weighted by atomic mass is 10.0. The molecule has 0 bridgehead atoms. The number of fused-ring (bicyclic) bond motifs is 3. The van der Waals surface area contributed by atoms with Crippen LogP contribution in [0.5, 0.6) is 0 Å². The van der Waals surface area contributed by atoms with E-state index in [1.807, 2.05) is 30.1 Å². The highest BCUT2D eigenvalue weighted by molar-refractivity contribution is 6.31. The van der Waals surface area contributed by atoms with Gasteiger partial charge in [-0.1, -0.05) is 17.7 Å². The minimum atomic E-state index is -0.653. The van der Waals surface area contributed by atoms with Crippen molar-refractivity contribution in [3.8, 4) is 11.3 Å². The molecule has 1 saturated heterocycles. The van der Waals surface area contributed by atoms with Gasteiger partial charge < -0.3 is 20.4 Å². The van der Waals surface area contributed by atoms with Gasteiger partial charge in [0, 0.05) is 53.7 Å². The van der Waals surface area contributed by atoms with Crippen molar-refractivity contribution in [1.82, 2.24) is 20.2 Å². The van der Waals surface area contributed by atoms with Crippen LogP contribution in [0.15, 0.2) is 66.9 Å². The molecule has 3 heterocycles.